The average Bonchev–Trinajstić information content (AvgIpc) is 2.37. The maximum absolute atomic E-state index is 11.7. The van der Waals surface area contributed by atoms with Crippen molar-refractivity contribution in [2.24, 2.45) is 0 Å². The summed E-state index contributed by atoms with van der Waals surface area (Å²) in [6, 6.07) is 6.76. The molecule has 0 aliphatic rings. The van der Waals surface area contributed by atoms with Crippen LogP contribution < -0.4 is 10.1 Å². The summed E-state index contributed by atoms with van der Waals surface area (Å²) in [4.78, 5) is 23.0. The van der Waals surface area contributed by atoms with Gasteiger partial charge >= 0.3 is 5.97 Å². The van der Waals surface area contributed by atoms with Gasteiger partial charge in [-0.3, -0.25) is 9.59 Å². The molecule has 0 bridgehead atoms. The number of ether oxygens (including phenoxy) is 2. The molecule has 0 aliphatic carbocycles. The quantitative estimate of drug-likeness (QED) is 0.796. The molecule has 0 atom stereocenters. The zero-order valence-electron chi connectivity index (χ0n) is 11.4. The Balaban J connectivity index is 2.36. The van der Waals surface area contributed by atoms with Crippen molar-refractivity contribution in [1.82, 2.24) is 5.32 Å². The third-order valence-electron chi connectivity index (χ3n) is 2.33. The second-order valence-corrected chi connectivity index (χ2v) is 4.27. The Kier molecular flexibility index (Phi) is 5.85. The number of carbonyl (C=O) groups excluding carboxylic acids is 2. The van der Waals surface area contributed by atoms with E-state index in [2.05, 4.69) is 5.32 Å². The normalized spacial score (nSPS) is 10.1. The molecule has 0 fully saturated rings. The third-order valence-corrected chi connectivity index (χ3v) is 2.33. The predicted molar refractivity (Wildman–Crippen MR) is 71.2 cm³/mol. The van der Waals surface area contributed by atoms with Crippen LogP contribution in [0.4, 0.5) is 0 Å². The fourth-order valence-corrected chi connectivity index (χ4v) is 1.44. The molecular formula is C14H19NO4. The van der Waals surface area contributed by atoms with Crippen LogP contribution in [0.25, 0.3) is 0 Å². The first-order valence-electron chi connectivity index (χ1n) is 6.14. The van der Waals surface area contributed by atoms with Crippen LogP contribution in [0.3, 0.4) is 0 Å². The van der Waals surface area contributed by atoms with Gasteiger partial charge in [-0.05, 0) is 38.1 Å². The van der Waals surface area contributed by atoms with Gasteiger partial charge in [0.25, 0.3) is 5.91 Å². The molecule has 0 heterocycles. The highest BCUT2D eigenvalue weighted by Gasteiger charge is 2.08. The average molecular weight is 265 g/mol. The Bertz CT molecular complexity index is 426. The van der Waals surface area contributed by atoms with Crippen molar-refractivity contribution in [1.29, 1.82) is 0 Å². The van der Waals surface area contributed by atoms with E-state index in [1.165, 1.54) is 0 Å². The molecule has 0 saturated heterocycles. The maximum Gasteiger partial charge on any atom is 0.307 e. The lowest BCUT2D eigenvalue weighted by Crippen LogP contribution is -2.27. The van der Waals surface area contributed by atoms with Gasteiger partial charge in [-0.1, -0.05) is 0 Å². The molecule has 19 heavy (non-hydrogen) atoms. The van der Waals surface area contributed by atoms with Gasteiger partial charge in [0, 0.05) is 12.1 Å². The smallest absolute Gasteiger partial charge is 0.307 e. The van der Waals surface area contributed by atoms with Crippen LogP contribution in [0, 0.1) is 0 Å². The first-order chi connectivity index (χ1) is 9.02. The Morgan fingerprint density at radius 3 is 2.37 bits per heavy atom. The first kappa shape index (κ1) is 15.0. The minimum atomic E-state index is -0.315. The number of hydrogen-bond acceptors (Lipinski definition) is 4. The van der Waals surface area contributed by atoms with Crippen LogP contribution >= 0.6 is 0 Å². The van der Waals surface area contributed by atoms with Gasteiger partial charge < -0.3 is 14.8 Å². The molecule has 0 unspecified atom stereocenters. The van der Waals surface area contributed by atoms with Gasteiger partial charge in [0.1, 0.15) is 5.75 Å². The summed E-state index contributed by atoms with van der Waals surface area (Å²) in [6.07, 6.45) is 0.0323. The van der Waals surface area contributed by atoms with Crippen LogP contribution in [-0.2, 0) is 9.53 Å². The van der Waals surface area contributed by atoms with Crippen LogP contribution in [0.5, 0.6) is 5.75 Å². The Morgan fingerprint density at radius 2 is 1.84 bits per heavy atom. The summed E-state index contributed by atoms with van der Waals surface area (Å²) in [5, 5.41) is 2.66. The summed E-state index contributed by atoms with van der Waals surface area (Å²) in [6.45, 7) is 3.83. The maximum atomic E-state index is 11.7. The Hall–Kier alpha value is -2.04. The second-order valence-electron chi connectivity index (χ2n) is 4.27. The Labute approximate surface area is 112 Å². The van der Waals surface area contributed by atoms with Crippen LogP contribution in [0.15, 0.2) is 24.3 Å². The summed E-state index contributed by atoms with van der Waals surface area (Å²) in [5.74, 6) is 0.155. The zero-order chi connectivity index (χ0) is 14.3. The van der Waals surface area contributed by atoms with Crippen molar-refractivity contribution in [2.45, 2.75) is 26.4 Å². The monoisotopic (exact) mass is 265 g/mol. The minimum absolute atomic E-state index is 0.134. The fourth-order valence-electron chi connectivity index (χ4n) is 1.44. The molecule has 1 rings (SSSR count). The Morgan fingerprint density at radius 1 is 1.21 bits per heavy atom. The van der Waals surface area contributed by atoms with Crippen molar-refractivity contribution in [3.63, 3.8) is 0 Å². The lowest BCUT2D eigenvalue weighted by molar-refractivity contribution is -0.147. The van der Waals surface area contributed by atoms with Gasteiger partial charge in [-0.2, -0.15) is 0 Å². The van der Waals surface area contributed by atoms with Crippen molar-refractivity contribution >= 4 is 11.9 Å². The number of hydrogen-bond donors (Lipinski definition) is 1. The second kappa shape index (κ2) is 7.41. The molecule has 104 valence electrons. The van der Waals surface area contributed by atoms with E-state index in [0.29, 0.717) is 11.3 Å². The van der Waals surface area contributed by atoms with Crippen molar-refractivity contribution < 1.29 is 19.1 Å². The topological polar surface area (TPSA) is 64.6 Å². The van der Waals surface area contributed by atoms with Gasteiger partial charge in [0.15, 0.2) is 0 Å². The third kappa shape index (κ3) is 5.42. The molecule has 5 heteroatoms. The first-order valence-corrected chi connectivity index (χ1v) is 6.14. The zero-order valence-corrected chi connectivity index (χ0v) is 11.4. The van der Waals surface area contributed by atoms with Gasteiger partial charge in [0.05, 0.1) is 19.6 Å². The highest BCUT2D eigenvalue weighted by atomic mass is 16.5. The molecule has 1 aromatic rings. The molecule has 0 saturated carbocycles. The predicted octanol–water partition coefficient (Wildman–Crippen LogP) is 1.77. The highest BCUT2D eigenvalue weighted by molar-refractivity contribution is 5.94. The van der Waals surface area contributed by atoms with Gasteiger partial charge in [-0.25, -0.2) is 0 Å². The molecule has 5 nitrogen and oxygen atoms in total. The number of carbonyl (C=O) groups is 2. The standard InChI is InChI=1S/C14H19NO4/c1-10(2)19-13(16)8-9-15-14(17)11-4-6-12(18-3)7-5-11/h4-7,10H,8-9H2,1-3H3,(H,15,17). The summed E-state index contributed by atoms with van der Waals surface area (Å²) >= 11 is 0. The number of nitrogens with one attached hydrogen (secondary N) is 1. The van der Waals surface area contributed by atoms with E-state index in [9.17, 15) is 9.59 Å². The lowest BCUT2D eigenvalue weighted by Gasteiger charge is -2.08. The molecule has 0 radical (unpaired) electrons. The largest absolute Gasteiger partial charge is 0.497 e. The van der Waals surface area contributed by atoms with Crippen LogP contribution in [0.2, 0.25) is 0 Å². The molecule has 1 aromatic carbocycles. The van der Waals surface area contributed by atoms with Gasteiger partial charge in [0.2, 0.25) is 0 Å². The summed E-state index contributed by atoms with van der Waals surface area (Å²) < 4.78 is 9.97. The molecule has 0 aromatic heterocycles. The molecular weight excluding hydrogens is 246 g/mol. The van der Waals surface area contributed by atoms with Crippen molar-refractivity contribution in [3.8, 4) is 5.75 Å². The van der Waals surface area contributed by atoms with E-state index in [1.54, 1.807) is 45.2 Å². The SMILES string of the molecule is COc1ccc(C(=O)NCCC(=O)OC(C)C)cc1. The number of rotatable bonds is 6. The van der Waals surface area contributed by atoms with E-state index in [1.807, 2.05) is 0 Å². The highest BCUT2D eigenvalue weighted by Crippen LogP contribution is 2.10. The number of methoxy groups -OCH3 is 1. The van der Waals surface area contributed by atoms with E-state index in [4.69, 9.17) is 9.47 Å². The molecule has 0 spiro atoms. The van der Waals surface area contributed by atoms with E-state index in [-0.39, 0.29) is 30.9 Å². The lowest BCUT2D eigenvalue weighted by atomic mass is 10.2. The summed E-state index contributed by atoms with van der Waals surface area (Å²) in [5.41, 5.74) is 0.526. The molecule has 1 amide bonds. The van der Waals surface area contributed by atoms with E-state index in [0.717, 1.165) is 0 Å². The van der Waals surface area contributed by atoms with Crippen LogP contribution in [0.1, 0.15) is 30.6 Å². The number of benzene rings is 1. The summed E-state index contributed by atoms with van der Waals surface area (Å²) in [7, 11) is 1.56. The molecule has 0 aliphatic heterocycles. The molecule has 1 N–H and O–H groups in total. The van der Waals surface area contributed by atoms with E-state index < -0.39 is 0 Å². The number of amides is 1. The van der Waals surface area contributed by atoms with Crippen molar-refractivity contribution in [2.75, 3.05) is 13.7 Å². The van der Waals surface area contributed by atoms with Gasteiger partial charge in [-0.15, -0.1) is 0 Å². The fraction of sp³-hybridized carbons (Fsp3) is 0.429. The number of esters is 1. The van der Waals surface area contributed by atoms with Crippen molar-refractivity contribution in [3.05, 3.63) is 29.8 Å². The minimum Gasteiger partial charge on any atom is -0.497 e. The van der Waals surface area contributed by atoms with Crippen LogP contribution in [-0.4, -0.2) is 31.6 Å². The van der Waals surface area contributed by atoms with E-state index >= 15 is 0 Å².